The van der Waals surface area contributed by atoms with Gasteiger partial charge in [0.15, 0.2) is 5.78 Å². The molecule has 0 aliphatic carbocycles. The van der Waals surface area contributed by atoms with Crippen molar-refractivity contribution >= 4 is 5.78 Å². The molecule has 0 radical (unpaired) electrons. The zero-order chi connectivity index (χ0) is 32.1. The van der Waals surface area contributed by atoms with Gasteiger partial charge < -0.3 is 28.4 Å². The third-order valence-electron chi connectivity index (χ3n) is 7.82. The fourth-order valence-corrected chi connectivity index (χ4v) is 5.03. The average Bonchev–Trinajstić information content (AvgIpc) is 3.06. The van der Waals surface area contributed by atoms with Crippen LogP contribution in [-0.4, -0.2) is 44.9 Å². The molecule has 3 aromatic rings. The van der Waals surface area contributed by atoms with Crippen LogP contribution in [0.2, 0.25) is 0 Å². The molecule has 3 aromatic carbocycles. The van der Waals surface area contributed by atoms with Crippen molar-refractivity contribution in [3.8, 4) is 11.5 Å². The first-order chi connectivity index (χ1) is 21.8. The number of ketones is 1. The normalized spacial score (nSPS) is 16.6. The molecule has 7 nitrogen and oxygen atoms in total. The largest absolute Gasteiger partial charge is 0.497 e. The Morgan fingerprint density at radius 1 is 0.822 bits per heavy atom. The van der Waals surface area contributed by atoms with E-state index in [4.69, 9.17) is 28.4 Å². The molecule has 0 bridgehead atoms. The van der Waals surface area contributed by atoms with Crippen LogP contribution >= 0.6 is 0 Å². The smallest absolute Gasteiger partial charge is 0.162 e. The third kappa shape index (κ3) is 10.9. The standard InChI is InChI=1S/C38H46O7/c1-28(43-26-29-10-7-6-8-11-29)36(44-27-31-14-18-34(41-5)19-15-31)24-35-22-32(39)23-37(45-35)38(2,3)20-9-21-42-25-30-12-16-33(40-4)17-13-30/h6-20,23,28,35-36H,21-22,24-27H2,1-5H3/b20-9+/t28-,35?,36+/m0/s1. The summed E-state index contributed by atoms with van der Waals surface area (Å²) in [5.41, 5.74) is 2.69. The number of benzene rings is 3. The Kier molecular flexibility index (Phi) is 12.8. The summed E-state index contributed by atoms with van der Waals surface area (Å²) >= 11 is 0. The van der Waals surface area contributed by atoms with Gasteiger partial charge in [-0.2, -0.15) is 0 Å². The summed E-state index contributed by atoms with van der Waals surface area (Å²) in [4.78, 5) is 12.9. The van der Waals surface area contributed by atoms with E-state index in [9.17, 15) is 4.79 Å². The molecule has 1 aliphatic heterocycles. The van der Waals surface area contributed by atoms with Crippen LogP contribution in [-0.2, 0) is 43.6 Å². The first kappa shape index (κ1) is 34.0. The summed E-state index contributed by atoms with van der Waals surface area (Å²) in [6.45, 7) is 7.91. The summed E-state index contributed by atoms with van der Waals surface area (Å²) in [6.07, 6.45) is 5.59. The number of carbonyl (C=O) groups excluding carboxylic acids is 1. The Balaban J connectivity index is 1.36. The Bertz CT molecular complexity index is 1380. The van der Waals surface area contributed by atoms with Crippen LogP contribution in [0.25, 0.3) is 0 Å². The van der Waals surface area contributed by atoms with Crippen LogP contribution in [0.4, 0.5) is 0 Å². The fourth-order valence-electron chi connectivity index (χ4n) is 5.03. The fraction of sp³-hybridized carbons (Fsp3) is 0.395. The highest BCUT2D eigenvalue weighted by Crippen LogP contribution is 2.35. The van der Waals surface area contributed by atoms with Crippen molar-refractivity contribution in [3.05, 3.63) is 120 Å². The van der Waals surface area contributed by atoms with Crippen LogP contribution in [0.15, 0.2) is 103 Å². The molecule has 45 heavy (non-hydrogen) atoms. The summed E-state index contributed by atoms with van der Waals surface area (Å²) in [5, 5.41) is 0. The maximum atomic E-state index is 12.9. The van der Waals surface area contributed by atoms with Crippen molar-refractivity contribution in [2.75, 3.05) is 20.8 Å². The lowest BCUT2D eigenvalue weighted by Gasteiger charge is -2.34. The van der Waals surface area contributed by atoms with Crippen molar-refractivity contribution in [1.82, 2.24) is 0 Å². The van der Waals surface area contributed by atoms with Gasteiger partial charge in [-0.15, -0.1) is 0 Å². The Labute approximate surface area is 267 Å². The second-order valence-electron chi connectivity index (χ2n) is 11.8. The molecule has 1 heterocycles. The quantitative estimate of drug-likeness (QED) is 0.114. The molecule has 0 N–H and O–H groups in total. The number of allylic oxidation sites excluding steroid dienone is 2. The lowest BCUT2D eigenvalue weighted by molar-refractivity contribution is -0.123. The molecule has 7 heteroatoms. The molecule has 1 aliphatic rings. The van der Waals surface area contributed by atoms with E-state index in [1.54, 1.807) is 20.3 Å². The minimum absolute atomic E-state index is 0.0465. The number of carbonyl (C=O) groups is 1. The van der Waals surface area contributed by atoms with Crippen LogP contribution in [0.3, 0.4) is 0 Å². The van der Waals surface area contributed by atoms with E-state index in [2.05, 4.69) is 0 Å². The lowest BCUT2D eigenvalue weighted by Crippen LogP contribution is -2.36. The van der Waals surface area contributed by atoms with Gasteiger partial charge in [0.2, 0.25) is 0 Å². The molecule has 0 aromatic heterocycles. The van der Waals surface area contributed by atoms with E-state index in [1.807, 2.05) is 112 Å². The Hall–Kier alpha value is -3.91. The SMILES string of the molecule is COc1ccc(COC/C=C/C(C)(C)C2=CC(=O)CC(C[C@@H](OCc3ccc(OC)cc3)[C@H](C)OCc3ccccc3)O2)cc1. The van der Waals surface area contributed by atoms with Crippen molar-refractivity contribution in [1.29, 1.82) is 0 Å². The maximum absolute atomic E-state index is 12.9. The highest BCUT2D eigenvalue weighted by Gasteiger charge is 2.33. The number of rotatable bonds is 17. The van der Waals surface area contributed by atoms with Crippen molar-refractivity contribution < 1.29 is 33.2 Å². The molecule has 0 fully saturated rings. The third-order valence-corrected chi connectivity index (χ3v) is 7.82. The molecule has 0 amide bonds. The monoisotopic (exact) mass is 614 g/mol. The number of methoxy groups -OCH3 is 2. The van der Waals surface area contributed by atoms with Gasteiger partial charge in [-0.05, 0) is 61.7 Å². The van der Waals surface area contributed by atoms with E-state index < -0.39 is 5.41 Å². The predicted molar refractivity (Wildman–Crippen MR) is 175 cm³/mol. The second-order valence-corrected chi connectivity index (χ2v) is 11.8. The van der Waals surface area contributed by atoms with Gasteiger partial charge in [-0.25, -0.2) is 0 Å². The van der Waals surface area contributed by atoms with E-state index in [-0.39, 0.29) is 24.1 Å². The van der Waals surface area contributed by atoms with E-state index >= 15 is 0 Å². The molecule has 3 atom stereocenters. The molecule has 0 saturated carbocycles. The average molecular weight is 615 g/mol. The summed E-state index contributed by atoms with van der Waals surface area (Å²) in [6, 6.07) is 25.7. The van der Waals surface area contributed by atoms with E-state index in [1.165, 1.54) is 0 Å². The molecular formula is C38H46O7. The first-order valence-corrected chi connectivity index (χ1v) is 15.5. The van der Waals surface area contributed by atoms with Gasteiger partial charge in [0.1, 0.15) is 23.4 Å². The van der Waals surface area contributed by atoms with E-state index in [0.29, 0.717) is 45.0 Å². The van der Waals surface area contributed by atoms with Crippen LogP contribution in [0.1, 0.15) is 50.3 Å². The predicted octanol–water partition coefficient (Wildman–Crippen LogP) is 7.63. The zero-order valence-corrected chi connectivity index (χ0v) is 27.1. The molecule has 0 spiro atoms. The molecule has 1 unspecified atom stereocenters. The highest BCUT2D eigenvalue weighted by atomic mass is 16.5. The maximum Gasteiger partial charge on any atom is 0.162 e. The molecule has 0 saturated heterocycles. The minimum Gasteiger partial charge on any atom is -0.497 e. The minimum atomic E-state index is -0.493. The Morgan fingerprint density at radius 3 is 2.02 bits per heavy atom. The summed E-state index contributed by atoms with van der Waals surface area (Å²) in [5.74, 6) is 2.30. The van der Waals surface area contributed by atoms with Crippen LogP contribution < -0.4 is 9.47 Å². The van der Waals surface area contributed by atoms with Crippen molar-refractivity contribution in [2.45, 2.75) is 71.7 Å². The molecule has 240 valence electrons. The number of hydrogen-bond acceptors (Lipinski definition) is 7. The van der Waals surface area contributed by atoms with Gasteiger partial charge in [0.05, 0.1) is 52.9 Å². The first-order valence-electron chi connectivity index (χ1n) is 15.5. The summed E-state index contributed by atoms with van der Waals surface area (Å²) < 4.78 is 35.5. The highest BCUT2D eigenvalue weighted by molar-refractivity contribution is 5.91. The van der Waals surface area contributed by atoms with Gasteiger partial charge in [-0.1, -0.05) is 66.7 Å². The topological polar surface area (TPSA) is 72.5 Å². The van der Waals surface area contributed by atoms with Gasteiger partial charge in [0.25, 0.3) is 0 Å². The zero-order valence-electron chi connectivity index (χ0n) is 27.1. The summed E-state index contributed by atoms with van der Waals surface area (Å²) in [7, 11) is 3.30. The Morgan fingerprint density at radius 2 is 1.40 bits per heavy atom. The van der Waals surface area contributed by atoms with Gasteiger partial charge >= 0.3 is 0 Å². The lowest BCUT2D eigenvalue weighted by atomic mass is 9.87. The molecular weight excluding hydrogens is 568 g/mol. The molecule has 4 rings (SSSR count). The van der Waals surface area contributed by atoms with Crippen molar-refractivity contribution in [3.63, 3.8) is 0 Å². The van der Waals surface area contributed by atoms with E-state index in [0.717, 1.165) is 28.2 Å². The van der Waals surface area contributed by atoms with Crippen LogP contribution in [0.5, 0.6) is 11.5 Å². The number of ether oxygens (including phenoxy) is 6. The van der Waals surface area contributed by atoms with Gasteiger partial charge in [0, 0.05) is 24.3 Å². The second kappa shape index (κ2) is 17.0. The van der Waals surface area contributed by atoms with Crippen molar-refractivity contribution in [2.24, 2.45) is 5.41 Å². The van der Waals surface area contributed by atoms with Crippen LogP contribution in [0, 0.1) is 5.41 Å². The number of hydrogen-bond donors (Lipinski definition) is 0. The van der Waals surface area contributed by atoms with Gasteiger partial charge in [-0.3, -0.25) is 4.79 Å².